The third-order valence-electron chi connectivity index (χ3n) is 3.26. The van der Waals surface area contributed by atoms with Crippen LogP contribution in [-0.4, -0.2) is 37.9 Å². The second-order valence-electron chi connectivity index (χ2n) is 6.15. The zero-order chi connectivity index (χ0) is 17.1. The van der Waals surface area contributed by atoms with Gasteiger partial charge in [0.05, 0.1) is 4.90 Å². The highest BCUT2D eigenvalue weighted by atomic mass is 35.5. The van der Waals surface area contributed by atoms with Gasteiger partial charge in [0.1, 0.15) is 0 Å². The summed E-state index contributed by atoms with van der Waals surface area (Å²) >= 11 is 5.90. The van der Waals surface area contributed by atoms with E-state index in [1.807, 2.05) is 20.8 Å². The first-order valence-electron chi connectivity index (χ1n) is 6.99. The SMILES string of the molecule is CC(=O)N(CCNS(=O)(=O)c1ccc(Cl)c(C)c1)C(C)(C)C. The summed E-state index contributed by atoms with van der Waals surface area (Å²) in [6.07, 6.45) is 0. The lowest BCUT2D eigenvalue weighted by atomic mass is 10.1. The molecule has 0 saturated heterocycles. The van der Waals surface area contributed by atoms with Crippen LogP contribution in [0.5, 0.6) is 0 Å². The van der Waals surface area contributed by atoms with E-state index in [1.54, 1.807) is 17.9 Å². The first kappa shape index (κ1) is 18.9. The standard InChI is InChI=1S/C15H23ClN2O3S/c1-11-10-13(6-7-14(11)16)22(20,21)17-8-9-18(12(2)19)15(3,4)5/h6-7,10,17H,8-9H2,1-5H3. The van der Waals surface area contributed by atoms with Crippen LogP contribution in [0.15, 0.2) is 23.1 Å². The molecular formula is C15H23ClN2O3S. The molecule has 0 heterocycles. The number of rotatable bonds is 5. The van der Waals surface area contributed by atoms with Gasteiger partial charge in [0, 0.05) is 30.6 Å². The fourth-order valence-corrected chi connectivity index (χ4v) is 3.35. The van der Waals surface area contributed by atoms with Gasteiger partial charge in [0.25, 0.3) is 0 Å². The lowest BCUT2D eigenvalue weighted by Crippen LogP contribution is -2.48. The predicted molar refractivity (Wildman–Crippen MR) is 88.5 cm³/mol. The normalized spacial score (nSPS) is 12.3. The number of hydrogen-bond acceptors (Lipinski definition) is 3. The summed E-state index contributed by atoms with van der Waals surface area (Å²) in [6.45, 7) is 9.41. The van der Waals surface area contributed by atoms with Crippen LogP contribution in [-0.2, 0) is 14.8 Å². The van der Waals surface area contributed by atoms with Gasteiger partial charge in [-0.25, -0.2) is 13.1 Å². The Balaban J connectivity index is 2.78. The molecule has 1 rings (SSSR count). The smallest absolute Gasteiger partial charge is 0.240 e. The number of halogens is 1. The molecule has 0 saturated carbocycles. The van der Waals surface area contributed by atoms with Gasteiger partial charge in [-0.15, -0.1) is 0 Å². The number of hydrogen-bond donors (Lipinski definition) is 1. The molecule has 22 heavy (non-hydrogen) atoms. The highest BCUT2D eigenvalue weighted by molar-refractivity contribution is 7.89. The maximum Gasteiger partial charge on any atom is 0.240 e. The van der Waals surface area contributed by atoms with E-state index in [9.17, 15) is 13.2 Å². The fourth-order valence-electron chi connectivity index (χ4n) is 2.12. The van der Waals surface area contributed by atoms with Crippen LogP contribution in [0, 0.1) is 6.92 Å². The first-order valence-corrected chi connectivity index (χ1v) is 8.85. The number of nitrogens with zero attached hydrogens (tertiary/aromatic N) is 1. The Morgan fingerprint density at radius 3 is 2.36 bits per heavy atom. The highest BCUT2D eigenvalue weighted by Crippen LogP contribution is 2.19. The van der Waals surface area contributed by atoms with E-state index < -0.39 is 10.0 Å². The maximum atomic E-state index is 12.2. The Hall–Kier alpha value is -1.11. The predicted octanol–water partition coefficient (Wildman–Crippen LogP) is 2.57. The van der Waals surface area contributed by atoms with Gasteiger partial charge >= 0.3 is 0 Å². The molecule has 0 spiro atoms. The lowest BCUT2D eigenvalue weighted by Gasteiger charge is -2.35. The average Bonchev–Trinajstić information content (AvgIpc) is 2.35. The Morgan fingerprint density at radius 2 is 1.91 bits per heavy atom. The van der Waals surface area contributed by atoms with E-state index in [4.69, 9.17) is 11.6 Å². The third-order valence-corrected chi connectivity index (χ3v) is 5.14. The Bertz CT molecular complexity index is 651. The van der Waals surface area contributed by atoms with Gasteiger partial charge in [0.2, 0.25) is 15.9 Å². The second-order valence-corrected chi connectivity index (χ2v) is 8.32. The summed E-state index contributed by atoms with van der Waals surface area (Å²) in [7, 11) is -3.61. The topological polar surface area (TPSA) is 66.5 Å². The van der Waals surface area contributed by atoms with Gasteiger partial charge < -0.3 is 4.90 Å². The minimum atomic E-state index is -3.61. The number of carbonyl (C=O) groups is 1. The maximum absolute atomic E-state index is 12.2. The van der Waals surface area contributed by atoms with Crippen molar-refractivity contribution in [3.63, 3.8) is 0 Å². The van der Waals surface area contributed by atoms with E-state index >= 15 is 0 Å². The minimum Gasteiger partial charge on any atom is -0.337 e. The summed E-state index contributed by atoms with van der Waals surface area (Å²) in [5.41, 5.74) is 0.346. The molecule has 0 aliphatic carbocycles. The molecule has 5 nitrogen and oxygen atoms in total. The number of sulfonamides is 1. The van der Waals surface area contributed by atoms with Crippen LogP contribution in [0.2, 0.25) is 5.02 Å². The van der Waals surface area contributed by atoms with E-state index in [0.29, 0.717) is 17.1 Å². The Kier molecular flexibility index (Phi) is 6.01. The molecule has 1 aromatic carbocycles. The molecule has 0 unspecified atom stereocenters. The van der Waals surface area contributed by atoms with Crippen molar-refractivity contribution in [2.75, 3.05) is 13.1 Å². The van der Waals surface area contributed by atoms with E-state index in [0.717, 1.165) is 0 Å². The molecule has 7 heteroatoms. The summed E-state index contributed by atoms with van der Waals surface area (Å²) in [5, 5.41) is 0.523. The van der Waals surface area contributed by atoms with Gasteiger partial charge in [-0.3, -0.25) is 4.79 Å². The van der Waals surface area contributed by atoms with Crippen LogP contribution < -0.4 is 4.72 Å². The van der Waals surface area contributed by atoms with Crippen LogP contribution in [0.4, 0.5) is 0 Å². The summed E-state index contributed by atoms with van der Waals surface area (Å²) < 4.78 is 27.0. The summed E-state index contributed by atoms with van der Waals surface area (Å²) in [5.74, 6) is -0.0889. The largest absolute Gasteiger partial charge is 0.337 e. The van der Waals surface area contributed by atoms with Crippen molar-refractivity contribution in [3.05, 3.63) is 28.8 Å². The number of carbonyl (C=O) groups excluding carboxylic acids is 1. The second kappa shape index (κ2) is 6.98. The Labute approximate surface area is 137 Å². The number of benzene rings is 1. The van der Waals surface area contributed by atoms with Gasteiger partial charge in [-0.2, -0.15) is 0 Å². The van der Waals surface area contributed by atoms with Gasteiger partial charge in [0.15, 0.2) is 0 Å². The molecule has 0 aliphatic rings. The van der Waals surface area contributed by atoms with Crippen molar-refractivity contribution in [2.45, 2.75) is 45.1 Å². The third kappa shape index (κ3) is 4.97. The molecular weight excluding hydrogens is 324 g/mol. The van der Waals surface area contributed by atoms with Crippen molar-refractivity contribution < 1.29 is 13.2 Å². The van der Waals surface area contributed by atoms with Crippen LogP contribution in [0.25, 0.3) is 0 Å². The molecule has 1 N–H and O–H groups in total. The Morgan fingerprint density at radius 1 is 1.32 bits per heavy atom. The molecule has 1 amide bonds. The first-order chi connectivity index (χ1) is 9.95. The quantitative estimate of drug-likeness (QED) is 0.891. The molecule has 0 atom stereocenters. The van der Waals surface area contributed by atoms with Crippen LogP contribution in [0.3, 0.4) is 0 Å². The van der Waals surface area contributed by atoms with Gasteiger partial charge in [-0.1, -0.05) is 11.6 Å². The van der Waals surface area contributed by atoms with E-state index in [2.05, 4.69) is 4.72 Å². The lowest BCUT2D eigenvalue weighted by molar-refractivity contribution is -0.133. The minimum absolute atomic E-state index is 0.0889. The van der Waals surface area contributed by atoms with Crippen molar-refractivity contribution >= 4 is 27.5 Å². The average molecular weight is 347 g/mol. The monoisotopic (exact) mass is 346 g/mol. The van der Waals surface area contributed by atoms with Crippen molar-refractivity contribution in [1.29, 1.82) is 0 Å². The number of aryl methyl sites for hydroxylation is 1. The zero-order valence-electron chi connectivity index (χ0n) is 13.6. The molecule has 0 fully saturated rings. The van der Waals surface area contributed by atoms with Gasteiger partial charge in [-0.05, 0) is 51.5 Å². The van der Waals surface area contributed by atoms with Crippen molar-refractivity contribution in [1.82, 2.24) is 9.62 Å². The molecule has 0 aliphatic heterocycles. The van der Waals surface area contributed by atoms with Crippen molar-refractivity contribution in [3.8, 4) is 0 Å². The summed E-state index contributed by atoms with van der Waals surface area (Å²) in [4.78, 5) is 13.4. The number of nitrogens with one attached hydrogen (secondary N) is 1. The molecule has 1 aromatic rings. The molecule has 0 bridgehead atoms. The molecule has 0 aromatic heterocycles. The number of amides is 1. The van der Waals surface area contributed by atoms with Crippen LogP contribution in [0.1, 0.15) is 33.3 Å². The van der Waals surface area contributed by atoms with E-state index in [-0.39, 0.29) is 22.9 Å². The zero-order valence-corrected chi connectivity index (χ0v) is 15.2. The highest BCUT2D eigenvalue weighted by Gasteiger charge is 2.24. The molecule has 124 valence electrons. The fraction of sp³-hybridized carbons (Fsp3) is 0.533. The molecule has 0 radical (unpaired) electrons. The van der Waals surface area contributed by atoms with Crippen molar-refractivity contribution in [2.24, 2.45) is 0 Å². The van der Waals surface area contributed by atoms with Crippen LogP contribution >= 0.6 is 11.6 Å². The summed E-state index contributed by atoms with van der Waals surface area (Å²) in [6, 6.07) is 4.55. The van der Waals surface area contributed by atoms with E-state index in [1.165, 1.54) is 19.1 Å².